The zero-order chi connectivity index (χ0) is 15.2. The maximum Gasteiger partial charge on any atom is 0.227 e. The summed E-state index contributed by atoms with van der Waals surface area (Å²) in [5.41, 5.74) is 2.06. The number of benzene rings is 1. The third kappa shape index (κ3) is 4.21. The second-order valence-corrected chi connectivity index (χ2v) is 5.80. The van der Waals surface area contributed by atoms with Crippen LogP contribution in [0.25, 0.3) is 0 Å². The number of nitrogens with one attached hydrogen (secondary N) is 1. The summed E-state index contributed by atoms with van der Waals surface area (Å²) in [5.74, 6) is 0.198. The van der Waals surface area contributed by atoms with Gasteiger partial charge in [0, 0.05) is 43.1 Å². The van der Waals surface area contributed by atoms with Gasteiger partial charge >= 0.3 is 0 Å². The number of carbonyl (C=O) groups is 1. The largest absolute Gasteiger partial charge is 0.381 e. The molecule has 1 aromatic rings. The molecule has 1 N–H and O–H groups in total. The summed E-state index contributed by atoms with van der Waals surface area (Å²) < 4.78 is 5.29. The van der Waals surface area contributed by atoms with Crippen molar-refractivity contribution in [3.63, 3.8) is 0 Å². The van der Waals surface area contributed by atoms with Crippen LogP contribution in [0.4, 0.5) is 11.4 Å². The fourth-order valence-corrected chi connectivity index (χ4v) is 2.79. The summed E-state index contributed by atoms with van der Waals surface area (Å²) in [6.45, 7) is 8.88. The van der Waals surface area contributed by atoms with E-state index in [1.165, 1.54) is 5.69 Å². The van der Waals surface area contributed by atoms with Gasteiger partial charge in [-0.25, -0.2) is 0 Å². The number of rotatable bonds is 5. The van der Waals surface area contributed by atoms with Crippen LogP contribution in [0, 0.1) is 5.92 Å². The smallest absolute Gasteiger partial charge is 0.227 e. The Kier molecular flexibility index (Phi) is 5.62. The van der Waals surface area contributed by atoms with Crippen LogP contribution in [-0.2, 0) is 9.53 Å². The molecule has 4 heteroatoms. The quantitative estimate of drug-likeness (QED) is 0.904. The fourth-order valence-electron chi connectivity index (χ4n) is 2.79. The summed E-state index contributed by atoms with van der Waals surface area (Å²) in [4.78, 5) is 14.5. The second kappa shape index (κ2) is 7.46. The van der Waals surface area contributed by atoms with Crippen LogP contribution in [-0.4, -0.2) is 31.7 Å². The molecular weight excluding hydrogens is 264 g/mol. The molecule has 1 aromatic carbocycles. The van der Waals surface area contributed by atoms with Crippen LogP contribution >= 0.6 is 0 Å². The predicted molar refractivity (Wildman–Crippen MR) is 86.8 cm³/mol. The van der Waals surface area contributed by atoms with Crippen molar-refractivity contribution in [2.24, 2.45) is 5.92 Å². The Balaban J connectivity index is 1.97. The van der Waals surface area contributed by atoms with E-state index in [2.05, 4.69) is 43.1 Å². The van der Waals surface area contributed by atoms with E-state index >= 15 is 0 Å². The molecule has 1 aliphatic rings. The van der Waals surface area contributed by atoms with Gasteiger partial charge in [-0.3, -0.25) is 4.79 Å². The molecule has 2 rings (SSSR count). The number of hydrogen-bond donors (Lipinski definition) is 1. The molecule has 0 bridgehead atoms. The highest BCUT2D eigenvalue weighted by molar-refractivity contribution is 5.92. The van der Waals surface area contributed by atoms with Crippen molar-refractivity contribution in [3.8, 4) is 0 Å². The molecule has 21 heavy (non-hydrogen) atoms. The van der Waals surface area contributed by atoms with E-state index < -0.39 is 0 Å². The number of amides is 1. The molecule has 0 unspecified atom stereocenters. The Morgan fingerprint density at radius 3 is 2.43 bits per heavy atom. The molecule has 1 heterocycles. The highest BCUT2D eigenvalue weighted by Gasteiger charge is 2.21. The zero-order valence-corrected chi connectivity index (χ0v) is 13.3. The maximum absolute atomic E-state index is 12.2. The van der Waals surface area contributed by atoms with E-state index in [1.54, 1.807) is 0 Å². The lowest BCUT2D eigenvalue weighted by molar-refractivity contribution is -0.122. The van der Waals surface area contributed by atoms with E-state index in [0.717, 1.165) is 25.1 Å². The van der Waals surface area contributed by atoms with Crippen molar-refractivity contribution >= 4 is 17.3 Å². The molecule has 0 radical (unpaired) electrons. The minimum atomic E-state index is 0.0845. The summed E-state index contributed by atoms with van der Waals surface area (Å²) in [6, 6.07) is 8.58. The van der Waals surface area contributed by atoms with Gasteiger partial charge in [0.1, 0.15) is 0 Å². The summed E-state index contributed by atoms with van der Waals surface area (Å²) >= 11 is 0. The SMILES string of the molecule is CCN(c1ccc(NC(=O)C2CCOCC2)cc1)C(C)C. The standard InChI is InChI=1S/C17H26N2O2/c1-4-19(13(2)3)16-7-5-15(6-8-16)18-17(20)14-9-11-21-12-10-14/h5-8,13-14H,4,9-12H2,1-3H3,(H,18,20). The summed E-state index contributed by atoms with van der Waals surface area (Å²) in [6.07, 6.45) is 1.64. The molecule has 0 aliphatic carbocycles. The van der Waals surface area contributed by atoms with Gasteiger partial charge in [-0.05, 0) is 57.9 Å². The van der Waals surface area contributed by atoms with Gasteiger partial charge in [0.25, 0.3) is 0 Å². The summed E-state index contributed by atoms with van der Waals surface area (Å²) in [5, 5.41) is 3.01. The highest BCUT2D eigenvalue weighted by Crippen LogP contribution is 2.21. The second-order valence-electron chi connectivity index (χ2n) is 5.80. The molecule has 0 saturated carbocycles. The Morgan fingerprint density at radius 1 is 1.29 bits per heavy atom. The van der Waals surface area contributed by atoms with Crippen LogP contribution in [0.15, 0.2) is 24.3 Å². The third-order valence-corrected chi connectivity index (χ3v) is 4.02. The normalized spacial score (nSPS) is 16.0. The van der Waals surface area contributed by atoms with E-state index in [-0.39, 0.29) is 11.8 Å². The van der Waals surface area contributed by atoms with Crippen LogP contribution in [0.1, 0.15) is 33.6 Å². The predicted octanol–water partition coefficient (Wildman–Crippen LogP) is 3.29. The molecule has 0 aromatic heterocycles. The molecule has 1 fully saturated rings. The lowest BCUT2D eigenvalue weighted by Gasteiger charge is -2.27. The van der Waals surface area contributed by atoms with Gasteiger partial charge in [0.15, 0.2) is 0 Å². The first kappa shape index (κ1) is 15.8. The van der Waals surface area contributed by atoms with Crippen LogP contribution < -0.4 is 10.2 Å². The average Bonchev–Trinajstić information content (AvgIpc) is 2.50. The Hall–Kier alpha value is -1.55. The van der Waals surface area contributed by atoms with Crippen molar-refractivity contribution < 1.29 is 9.53 Å². The third-order valence-electron chi connectivity index (χ3n) is 4.02. The van der Waals surface area contributed by atoms with Crippen molar-refractivity contribution in [2.45, 2.75) is 39.7 Å². The Morgan fingerprint density at radius 2 is 1.90 bits per heavy atom. The van der Waals surface area contributed by atoms with Crippen molar-refractivity contribution in [1.82, 2.24) is 0 Å². The Bertz CT molecular complexity index is 450. The van der Waals surface area contributed by atoms with Crippen LogP contribution in [0.5, 0.6) is 0 Å². The number of nitrogens with zero attached hydrogens (tertiary/aromatic N) is 1. The summed E-state index contributed by atoms with van der Waals surface area (Å²) in [7, 11) is 0. The van der Waals surface area contributed by atoms with E-state index in [9.17, 15) is 4.79 Å². The molecular formula is C17H26N2O2. The first-order valence-electron chi connectivity index (χ1n) is 7.87. The monoisotopic (exact) mass is 290 g/mol. The van der Waals surface area contributed by atoms with E-state index in [0.29, 0.717) is 19.3 Å². The number of carbonyl (C=O) groups excluding carboxylic acids is 1. The number of anilines is 2. The minimum Gasteiger partial charge on any atom is -0.381 e. The molecule has 116 valence electrons. The van der Waals surface area contributed by atoms with Gasteiger partial charge in [-0.15, -0.1) is 0 Å². The first-order valence-corrected chi connectivity index (χ1v) is 7.87. The molecule has 0 spiro atoms. The lowest BCUT2D eigenvalue weighted by atomic mass is 9.99. The van der Waals surface area contributed by atoms with Crippen LogP contribution in [0.3, 0.4) is 0 Å². The van der Waals surface area contributed by atoms with Gasteiger partial charge in [0.2, 0.25) is 5.91 Å². The molecule has 1 amide bonds. The lowest BCUT2D eigenvalue weighted by Crippen LogP contribution is -2.30. The minimum absolute atomic E-state index is 0.0845. The topological polar surface area (TPSA) is 41.6 Å². The van der Waals surface area contributed by atoms with Gasteiger partial charge in [0.05, 0.1) is 0 Å². The molecule has 4 nitrogen and oxygen atoms in total. The molecule has 1 saturated heterocycles. The number of ether oxygens (including phenoxy) is 1. The highest BCUT2D eigenvalue weighted by atomic mass is 16.5. The van der Waals surface area contributed by atoms with Gasteiger partial charge < -0.3 is 15.0 Å². The van der Waals surface area contributed by atoms with Crippen molar-refractivity contribution in [2.75, 3.05) is 30.0 Å². The first-order chi connectivity index (χ1) is 10.1. The fraction of sp³-hybridized carbons (Fsp3) is 0.588. The Labute approximate surface area is 127 Å². The zero-order valence-electron chi connectivity index (χ0n) is 13.3. The van der Waals surface area contributed by atoms with E-state index in [4.69, 9.17) is 4.74 Å². The van der Waals surface area contributed by atoms with Gasteiger partial charge in [-0.2, -0.15) is 0 Å². The van der Waals surface area contributed by atoms with Crippen LogP contribution in [0.2, 0.25) is 0 Å². The average molecular weight is 290 g/mol. The molecule has 1 aliphatic heterocycles. The van der Waals surface area contributed by atoms with Crippen molar-refractivity contribution in [3.05, 3.63) is 24.3 Å². The maximum atomic E-state index is 12.2. The van der Waals surface area contributed by atoms with E-state index in [1.807, 2.05) is 12.1 Å². The number of hydrogen-bond acceptors (Lipinski definition) is 3. The van der Waals surface area contributed by atoms with Crippen molar-refractivity contribution in [1.29, 1.82) is 0 Å². The molecule has 0 atom stereocenters. The van der Waals surface area contributed by atoms with Gasteiger partial charge in [-0.1, -0.05) is 0 Å².